The molecule has 0 fully saturated rings. The van der Waals surface area contributed by atoms with Gasteiger partial charge in [-0.3, -0.25) is 0 Å². The number of aromatic hydroxyl groups is 1. The van der Waals surface area contributed by atoms with Crippen molar-refractivity contribution in [3.05, 3.63) is 27.7 Å². The van der Waals surface area contributed by atoms with Crippen LogP contribution in [0.25, 0.3) is 0 Å². The van der Waals surface area contributed by atoms with Crippen molar-refractivity contribution in [2.24, 2.45) is 0 Å². The second-order valence-electron chi connectivity index (χ2n) is 6.33. The van der Waals surface area contributed by atoms with E-state index in [1.165, 1.54) is 5.56 Å². The van der Waals surface area contributed by atoms with E-state index in [2.05, 4.69) is 63.5 Å². The van der Waals surface area contributed by atoms with Crippen LogP contribution in [-0.2, 0) is 10.8 Å². The van der Waals surface area contributed by atoms with E-state index in [0.717, 1.165) is 22.9 Å². The lowest BCUT2D eigenvalue weighted by Crippen LogP contribution is -2.20. The van der Waals surface area contributed by atoms with Gasteiger partial charge in [-0.2, -0.15) is 0 Å². The molecule has 0 spiro atoms. The number of phenolic OH excluding ortho intramolecular Hbond substituents is 1. The summed E-state index contributed by atoms with van der Waals surface area (Å²) in [4.78, 5) is 0. The first-order chi connectivity index (χ1) is 8.15. The average molecular weight is 313 g/mol. The number of halogens is 1. The Labute approximate surface area is 120 Å². The van der Waals surface area contributed by atoms with E-state index in [4.69, 9.17) is 0 Å². The van der Waals surface area contributed by atoms with Crippen molar-refractivity contribution >= 4 is 15.9 Å². The predicted molar refractivity (Wildman–Crippen MR) is 82.4 cm³/mol. The lowest BCUT2D eigenvalue weighted by molar-refractivity contribution is 0.422. The van der Waals surface area contributed by atoms with Crippen molar-refractivity contribution in [1.29, 1.82) is 0 Å². The summed E-state index contributed by atoms with van der Waals surface area (Å²) in [6, 6.07) is 4.22. The molecule has 1 rings (SSSR count). The van der Waals surface area contributed by atoms with Crippen molar-refractivity contribution in [3.63, 3.8) is 0 Å². The Kier molecular flexibility index (Phi) is 4.53. The van der Waals surface area contributed by atoms with Crippen LogP contribution in [0.5, 0.6) is 5.75 Å². The lowest BCUT2D eigenvalue weighted by Gasteiger charge is -2.30. The third-order valence-electron chi connectivity index (χ3n) is 4.34. The minimum atomic E-state index is -0.00751. The van der Waals surface area contributed by atoms with E-state index in [1.807, 2.05) is 6.07 Å². The molecule has 0 aliphatic carbocycles. The van der Waals surface area contributed by atoms with Gasteiger partial charge in [0.1, 0.15) is 5.75 Å². The fourth-order valence-electron chi connectivity index (χ4n) is 1.90. The number of phenols is 1. The van der Waals surface area contributed by atoms with Crippen molar-refractivity contribution in [1.82, 2.24) is 0 Å². The highest BCUT2D eigenvalue weighted by Crippen LogP contribution is 2.41. The summed E-state index contributed by atoms with van der Waals surface area (Å²) in [7, 11) is 0. The van der Waals surface area contributed by atoms with E-state index in [9.17, 15) is 5.11 Å². The molecule has 1 nitrogen and oxygen atoms in total. The Morgan fingerprint density at radius 2 is 1.50 bits per heavy atom. The summed E-state index contributed by atoms with van der Waals surface area (Å²) < 4.78 is 0.804. The average Bonchev–Trinajstić information content (AvgIpc) is 2.31. The monoisotopic (exact) mass is 312 g/mol. The van der Waals surface area contributed by atoms with Crippen LogP contribution < -0.4 is 0 Å². The van der Waals surface area contributed by atoms with E-state index in [1.54, 1.807) is 0 Å². The molecular formula is C16H25BrO. The highest BCUT2D eigenvalue weighted by molar-refractivity contribution is 9.10. The van der Waals surface area contributed by atoms with Gasteiger partial charge in [-0.15, -0.1) is 0 Å². The molecule has 0 aromatic heterocycles. The molecule has 1 N–H and O–H groups in total. The maximum absolute atomic E-state index is 10.3. The molecule has 0 amide bonds. The first-order valence-electron chi connectivity index (χ1n) is 6.69. The molecule has 0 radical (unpaired) electrons. The van der Waals surface area contributed by atoms with Crippen LogP contribution in [0, 0.1) is 0 Å². The van der Waals surface area contributed by atoms with Gasteiger partial charge in [0, 0.05) is 5.56 Å². The first kappa shape index (κ1) is 15.6. The Morgan fingerprint density at radius 1 is 1.00 bits per heavy atom. The van der Waals surface area contributed by atoms with E-state index in [0.29, 0.717) is 5.75 Å². The van der Waals surface area contributed by atoms with Crippen LogP contribution in [0.15, 0.2) is 16.6 Å². The van der Waals surface area contributed by atoms with Gasteiger partial charge in [-0.1, -0.05) is 47.6 Å². The highest BCUT2D eigenvalue weighted by atomic mass is 79.9. The molecule has 0 unspecified atom stereocenters. The van der Waals surface area contributed by atoms with Crippen LogP contribution in [0.1, 0.15) is 65.5 Å². The molecule has 0 saturated carbocycles. The summed E-state index contributed by atoms with van der Waals surface area (Å²) in [5.74, 6) is 0.387. The van der Waals surface area contributed by atoms with E-state index in [-0.39, 0.29) is 10.8 Å². The molecule has 102 valence electrons. The van der Waals surface area contributed by atoms with Crippen LogP contribution in [0.2, 0.25) is 0 Å². The molecule has 1 aromatic carbocycles. The largest absolute Gasteiger partial charge is 0.506 e. The maximum atomic E-state index is 10.3. The van der Waals surface area contributed by atoms with E-state index < -0.39 is 0 Å². The predicted octanol–water partition coefficient (Wildman–Crippen LogP) is 5.53. The topological polar surface area (TPSA) is 20.2 Å². The molecular weight excluding hydrogens is 288 g/mol. The molecule has 0 atom stereocenters. The standard InChI is InChI=1S/C16H25BrO/c1-7-15(3,4)11-9-12(16(5,6)8-2)14(18)13(17)10-11/h9-10,18H,7-8H2,1-6H3. The minimum absolute atomic E-state index is 0.00751. The summed E-state index contributed by atoms with van der Waals surface area (Å²) >= 11 is 3.49. The maximum Gasteiger partial charge on any atom is 0.133 e. The van der Waals surface area contributed by atoms with Crippen LogP contribution in [0.3, 0.4) is 0 Å². The quantitative estimate of drug-likeness (QED) is 0.775. The highest BCUT2D eigenvalue weighted by Gasteiger charge is 2.27. The normalized spacial score (nSPS) is 12.8. The lowest BCUT2D eigenvalue weighted by atomic mass is 9.76. The third-order valence-corrected chi connectivity index (χ3v) is 4.95. The van der Waals surface area contributed by atoms with Gasteiger partial charge in [-0.25, -0.2) is 0 Å². The summed E-state index contributed by atoms with van der Waals surface area (Å²) in [5, 5.41) is 10.3. The van der Waals surface area contributed by atoms with Crippen molar-refractivity contribution < 1.29 is 5.11 Å². The van der Waals surface area contributed by atoms with Gasteiger partial charge < -0.3 is 5.11 Å². The molecule has 0 aliphatic rings. The molecule has 2 heteroatoms. The SMILES string of the molecule is CCC(C)(C)c1cc(Br)c(O)c(C(C)(C)CC)c1. The second kappa shape index (κ2) is 5.24. The summed E-state index contributed by atoms with van der Waals surface area (Å²) in [5.41, 5.74) is 2.45. The van der Waals surface area contributed by atoms with Gasteiger partial charge in [0.25, 0.3) is 0 Å². The fourth-order valence-corrected chi connectivity index (χ4v) is 2.36. The molecule has 18 heavy (non-hydrogen) atoms. The van der Waals surface area contributed by atoms with Gasteiger partial charge in [0.2, 0.25) is 0 Å². The molecule has 0 heterocycles. The van der Waals surface area contributed by atoms with Gasteiger partial charge in [-0.05, 0) is 51.2 Å². The van der Waals surface area contributed by atoms with Crippen molar-refractivity contribution in [2.75, 3.05) is 0 Å². The second-order valence-corrected chi connectivity index (χ2v) is 7.18. The molecule has 1 aromatic rings. The van der Waals surface area contributed by atoms with Crippen LogP contribution >= 0.6 is 15.9 Å². The molecule has 0 bridgehead atoms. The number of benzene rings is 1. The van der Waals surface area contributed by atoms with Gasteiger partial charge >= 0.3 is 0 Å². The van der Waals surface area contributed by atoms with Gasteiger partial charge in [0.05, 0.1) is 4.47 Å². The van der Waals surface area contributed by atoms with Crippen molar-refractivity contribution in [2.45, 2.75) is 65.2 Å². The van der Waals surface area contributed by atoms with Crippen LogP contribution in [0.4, 0.5) is 0 Å². The summed E-state index contributed by atoms with van der Waals surface area (Å²) in [6.45, 7) is 13.2. The third kappa shape index (κ3) is 2.90. The van der Waals surface area contributed by atoms with Crippen molar-refractivity contribution in [3.8, 4) is 5.75 Å². The number of hydrogen-bond donors (Lipinski definition) is 1. The Bertz CT molecular complexity index is 433. The zero-order valence-corrected chi connectivity index (χ0v) is 14.0. The van der Waals surface area contributed by atoms with E-state index >= 15 is 0 Å². The Hall–Kier alpha value is -0.500. The fraction of sp³-hybridized carbons (Fsp3) is 0.625. The first-order valence-corrected chi connectivity index (χ1v) is 7.48. The Morgan fingerprint density at radius 3 is 1.94 bits per heavy atom. The Balaban J connectivity index is 3.46. The van der Waals surface area contributed by atoms with Crippen LogP contribution in [-0.4, -0.2) is 5.11 Å². The number of rotatable bonds is 4. The molecule has 0 aliphatic heterocycles. The minimum Gasteiger partial charge on any atom is -0.506 e. The zero-order valence-electron chi connectivity index (χ0n) is 12.4. The number of hydrogen-bond acceptors (Lipinski definition) is 1. The molecule has 0 saturated heterocycles. The smallest absolute Gasteiger partial charge is 0.133 e. The zero-order chi connectivity index (χ0) is 14.1. The van der Waals surface area contributed by atoms with Gasteiger partial charge in [0.15, 0.2) is 0 Å². The summed E-state index contributed by atoms with van der Waals surface area (Å²) in [6.07, 6.45) is 2.08.